The fourth-order valence-electron chi connectivity index (χ4n) is 0. The zero-order valence-electron chi connectivity index (χ0n) is 5.91. The molecule has 64 valence electrons. The molecule has 0 saturated carbocycles. The van der Waals surface area contributed by atoms with Gasteiger partial charge < -0.3 is 31.3 Å². The molecule has 0 atom stereocenters. The molecule has 0 bridgehead atoms. The van der Waals surface area contributed by atoms with E-state index < -0.39 is 11.9 Å². The van der Waals surface area contributed by atoms with Gasteiger partial charge in [0.1, 0.15) is 0 Å². The Morgan fingerprint density at radius 2 is 1.09 bits per heavy atom. The molecule has 0 rings (SSSR count). The zero-order valence-corrected chi connectivity index (χ0v) is 9.95. The molecule has 0 aromatic rings. The van der Waals surface area contributed by atoms with Gasteiger partial charge in [-0.1, -0.05) is 0 Å². The fourth-order valence-corrected chi connectivity index (χ4v) is 0. The Morgan fingerprint density at radius 1 is 1.00 bits per heavy atom. The first-order valence-corrected chi connectivity index (χ1v) is 2.34. The molecule has 0 aromatic carbocycles. The minimum atomic E-state index is -1.22. The maximum absolute atomic E-state index is 9.13. The molecule has 0 fully saturated rings. The zero-order chi connectivity index (χ0) is 8.57. The number of nitrogens with two attached hydrogens (primary N) is 2. The summed E-state index contributed by atoms with van der Waals surface area (Å²) in [5.41, 5.74) is 9.02. The van der Waals surface area contributed by atoms with Gasteiger partial charge in [0.05, 0.1) is 11.9 Å². The third-order valence-electron chi connectivity index (χ3n) is 0.333. The number of hydrogen-bond donors (Lipinski definition) is 2. The van der Waals surface area contributed by atoms with Crippen LogP contribution in [0.4, 0.5) is 0 Å². The van der Waals surface area contributed by atoms with Crippen molar-refractivity contribution in [2.75, 3.05) is 13.1 Å². The Labute approximate surface area is 80.5 Å². The van der Waals surface area contributed by atoms with E-state index in [4.69, 9.17) is 19.8 Å². The first-order valence-electron chi connectivity index (χ1n) is 2.34. The molecule has 0 radical (unpaired) electrons. The van der Waals surface area contributed by atoms with E-state index in [2.05, 4.69) is 11.5 Å². The molecule has 4 N–H and O–H groups in total. The van der Waals surface area contributed by atoms with Gasteiger partial charge in [-0.05, 0) is 0 Å². The van der Waals surface area contributed by atoms with Gasteiger partial charge in [0, 0.05) is 13.1 Å². The van der Waals surface area contributed by atoms with Crippen LogP contribution >= 0.6 is 0 Å². The molecule has 0 unspecified atom stereocenters. The number of rotatable bonds is 2. The van der Waals surface area contributed by atoms with Crippen molar-refractivity contribution < 1.29 is 19.8 Å². The SMILES string of the molecule is NCC(=O)[O-].NCC(=O)[O-].[SnH2+2]. The van der Waals surface area contributed by atoms with Crippen molar-refractivity contribution in [2.24, 2.45) is 11.5 Å². The van der Waals surface area contributed by atoms with E-state index in [1.54, 1.807) is 0 Å². The first-order chi connectivity index (χ1) is 4.54. The van der Waals surface area contributed by atoms with Crippen molar-refractivity contribution in [2.45, 2.75) is 0 Å². The van der Waals surface area contributed by atoms with Crippen LogP contribution in [0.3, 0.4) is 0 Å². The standard InChI is InChI=1S/2C2H5NO2.Sn.2H/c2*3-1-2(4)5;;;/h2*1,3H2,(H,4,5);;;/q;;+2;;/p-2. The van der Waals surface area contributed by atoms with Crippen LogP contribution in [0.2, 0.25) is 0 Å². The molecule has 0 spiro atoms. The molecule has 0 aromatic heterocycles. The summed E-state index contributed by atoms with van der Waals surface area (Å²) in [6.07, 6.45) is 0. The number of carbonyl (C=O) groups is 2. The van der Waals surface area contributed by atoms with Crippen LogP contribution in [0.1, 0.15) is 0 Å². The van der Waals surface area contributed by atoms with Gasteiger partial charge in [0.15, 0.2) is 0 Å². The second kappa shape index (κ2) is 12.3. The molecule has 0 aliphatic rings. The summed E-state index contributed by atoms with van der Waals surface area (Å²) in [5, 5.41) is 18.3. The summed E-state index contributed by atoms with van der Waals surface area (Å²) in [6, 6.07) is 0. The fraction of sp³-hybridized carbons (Fsp3) is 0.500. The van der Waals surface area contributed by atoms with Crippen molar-refractivity contribution in [3.05, 3.63) is 0 Å². The molecular weight excluding hydrogens is 259 g/mol. The summed E-state index contributed by atoms with van der Waals surface area (Å²) in [5.74, 6) is -2.44. The van der Waals surface area contributed by atoms with Crippen molar-refractivity contribution in [1.82, 2.24) is 0 Å². The minimum absolute atomic E-state index is 0. The van der Waals surface area contributed by atoms with Crippen LogP contribution < -0.4 is 21.7 Å². The van der Waals surface area contributed by atoms with Crippen molar-refractivity contribution >= 4 is 35.8 Å². The summed E-state index contributed by atoms with van der Waals surface area (Å²) in [6.45, 7) is -0.778. The van der Waals surface area contributed by atoms with Gasteiger partial charge in [-0.25, -0.2) is 0 Å². The van der Waals surface area contributed by atoms with Crippen LogP contribution in [0, 0.1) is 0 Å². The predicted octanol–water partition coefficient (Wildman–Crippen LogP) is -5.53. The Kier molecular flexibility index (Phi) is 19.0. The molecule has 0 aliphatic heterocycles. The second-order valence-electron chi connectivity index (χ2n) is 1.15. The second-order valence-corrected chi connectivity index (χ2v) is 1.15. The molecule has 11 heavy (non-hydrogen) atoms. The van der Waals surface area contributed by atoms with E-state index in [0.29, 0.717) is 0 Å². The van der Waals surface area contributed by atoms with E-state index in [-0.39, 0.29) is 37.0 Å². The Hall–Kier alpha value is -0.341. The monoisotopic (exact) mass is 270 g/mol. The van der Waals surface area contributed by atoms with Gasteiger partial charge in [-0.3, -0.25) is 0 Å². The molecule has 0 saturated heterocycles. The molecule has 0 aliphatic carbocycles. The van der Waals surface area contributed by atoms with Crippen LogP contribution in [0.25, 0.3) is 0 Å². The first kappa shape index (κ1) is 17.0. The topological polar surface area (TPSA) is 132 Å². The summed E-state index contributed by atoms with van der Waals surface area (Å²) in [7, 11) is 0. The molecule has 6 nitrogen and oxygen atoms in total. The van der Waals surface area contributed by atoms with Crippen LogP contribution in [0.15, 0.2) is 0 Å². The van der Waals surface area contributed by atoms with Crippen molar-refractivity contribution in [3.63, 3.8) is 0 Å². The van der Waals surface area contributed by atoms with Gasteiger partial charge in [-0.2, -0.15) is 0 Å². The number of carboxylic acids is 2. The number of carboxylic acid groups (broad SMARTS) is 2. The van der Waals surface area contributed by atoms with Gasteiger partial charge in [0.25, 0.3) is 0 Å². The number of aliphatic carboxylic acids is 2. The summed E-state index contributed by atoms with van der Waals surface area (Å²) >= 11 is 0. The van der Waals surface area contributed by atoms with Crippen LogP contribution in [-0.2, 0) is 9.59 Å². The summed E-state index contributed by atoms with van der Waals surface area (Å²) < 4.78 is 0. The Morgan fingerprint density at radius 3 is 1.09 bits per heavy atom. The number of hydrogen-bond acceptors (Lipinski definition) is 6. The van der Waals surface area contributed by atoms with Crippen LogP contribution in [-0.4, -0.2) is 48.9 Å². The van der Waals surface area contributed by atoms with E-state index in [9.17, 15) is 0 Å². The van der Waals surface area contributed by atoms with Crippen molar-refractivity contribution in [3.8, 4) is 0 Å². The predicted molar refractivity (Wildman–Crippen MR) is 36.7 cm³/mol. The maximum atomic E-state index is 9.13. The Balaban J connectivity index is -0.000000107. The van der Waals surface area contributed by atoms with E-state index in [1.807, 2.05) is 0 Å². The van der Waals surface area contributed by atoms with Crippen molar-refractivity contribution in [1.29, 1.82) is 0 Å². The van der Waals surface area contributed by atoms with Gasteiger partial charge in [-0.15, -0.1) is 0 Å². The van der Waals surface area contributed by atoms with E-state index in [1.165, 1.54) is 0 Å². The van der Waals surface area contributed by atoms with Gasteiger partial charge >= 0.3 is 23.9 Å². The molecule has 7 heteroatoms. The van der Waals surface area contributed by atoms with E-state index in [0.717, 1.165) is 0 Å². The average molecular weight is 269 g/mol. The number of carbonyl (C=O) groups excluding carboxylic acids is 2. The summed E-state index contributed by atoms with van der Waals surface area (Å²) in [4.78, 5) is 18.3. The molecular formula is C4H10N2O4Sn. The van der Waals surface area contributed by atoms with Crippen LogP contribution in [0.5, 0.6) is 0 Å². The third-order valence-corrected chi connectivity index (χ3v) is 0.333. The quantitative estimate of drug-likeness (QED) is 0.480. The van der Waals surface area contributed by atoms with E-state index >= 15 is 0 Å². The van der Waals surface area contributed by atoms with Gasteiger partial charge in [0.2, 0.25) is 0 Å². The average Bonchev–Trinajstić information content (AvgIpc) is 1.89. The molecule has 0 amide bonds. The third kappa shape index (κ3) is 42.3. The Bertz CT molecular complexity index is 105. The normalized spacial score (nSPS) is 6.73. The molecule has 0 heterocycles.